The molecule has 0 radical (unpaired) electrons. The van der Waals surface area contributed by atoms with E-state index in [1.165, 1.54) is 12.1 Å². The van der Waals surface area contributed by atoms with Crippen molar-refractivity contribution in [1.82, 2.24) is 0 Å². The van der Waals surface area contributed by atoms with Gasteiger partial charge in [0.15, 0.2) is 17.2 Å². The van der Waals surface area contributed by atoms with Gasteiger partial charge in [-0.15, -0.1) is 0 Å². The number of hydrogen-bond acceptors (Lipinski definition) is 4. The molecule has 1 N–H and O–H groups in total. The molecule has 0 aromatic heterocycles. The molecule has 3 aromatic carbocycles. The molecule has 5 rings (SSSR count). The third kappa shape index (κ3) is 1.92. The number of aromatic hydroxyl groups is 1. The number of rotatable bonds is 0. The Balaban J connectivity index is 1.94. The fraction of sp³-hybridized carbons (Fsp3) is 0.0952. The first-order chi connectivity index (χ1) is 12.9. The third-order valence-electron chi connectivity index (χ3n) is 5.06. The molecule has 2 heterocycles. The van der Waals surface area contributed by atoms with Crippen molar-refractivity contribution in [2.24, 2.45) is 0 Å². The maximum atomic E-state index is 14.4. The van der Waals surface area contributed by atoms with Crippen LogP contribution in [0.5, 0.6) is 17.2 Å². The number of ether oxygens (including phenoxy) is 2. The Labute approximate surface area is 152 Å². The lowest BCUT2D eigenvalue weighted by Crippen LogP contribution is -2.33. The van der Waals surface area contributed by atoms with Gasteiger partial charge in [-0.3, -0.25) is 0 Å². The zero-order valence-corrected chi connectivity index (χ0v) is 14.0. The molecule has 27 heavy (non-hydrogen) atoms. The van der Waals surface area contributed by atoms with Crippen molar-refractivity contribution in [2.75, 3.05) is 0 Å². The van der Waals surface area contributed by atoms with Crippen LogP contribution < -0.4 is 4.74 Å². The van der Waals surface area contributed by atoms with Crippen LogP contribution in [0.3, 0.4) is 0 Å². The molecule has 134 valence electrons. The smallest absolute Gasteiger partial charge is 0.340 e. The first-order valence-corrected chi connectivity index (χ1v) is 8.26. The van der Waals surface area contributed by atoms with E-state index in [1.54, 1.807) is 31.2 Å². The van der Waals surface area contributed by atoms with Gasteiger partial charge >= 0.3 is 5.97 Å². The fourth-order valence-electron chi connectivity index (χ4n) is 3.80. The minimum atomic E-state index is -1.56. The van der Waals surface area contributed by atoms with E-state index in [9.17, 15) is 18.7 Å². The van der Waals surface area contributed by atoms with Crippen molar-refractivity contribution in [3.63, 3.8) is 0 Å². The summed E-state index contributed by atoms with van der Waals surface area (Å²) in [4.78, 5) is 12.6. The molecule has 1 unspecified atom stereocenters. The van der Waals surface area contributed by atoms with Gasteiger partial charge in [0, 0.05) is 11.6 Å². The van der Waals surface area contributed by atoms with E-state index < -0.39 is 29.0 Å². The third-order valence-corrected chi connectivity index (χ3v) is 5.06. The highest BCUT2D eigenvalue weighted by Gasteiger charge is 2.54. The maximum Gasteiger partial charge on any atom is 0.340 e. The van der Waals surface area contributed by atoms with Crippen LogP contribution in [-0.4, -0.2) is 11.1 Å². The summed E-state index contributed by atoms with van der Waals surface area (Å²) in [6.45, 7) is 1.58. The van der Waals surface area contributed by atoms with Crippen LogP contribution >= 0.6 is 0 Å². The van der Waals surface area contributed by atoms with E-state index in [-0.39, 0.29) is 22.6 Å². The lowest BCUT2D eigenvalue weighted by molar-refractivity contribution is 0.0222. The van der Waals surface area contributed by atoms with Crippen molar-refractivity contribution < 1.29 is 28.2 Å². The molecule has 0 aliphatic carbocycles. The van der Waals surface area contributed by atoms with Crippen molar-refractivity contribution >= 4 is 5.97 Å². The van der Waals surface area contributed by atoms with Crippen LogP contribution in [0, 0.1) is 18.6 Å². The highest BCUT2D eigenvalue weighted by Crippen LogP contribution is 2.57. The van der Waals surface area contributed by atoms with Crippen LogP contribution in [0.1, 0.15) is 32.6 Å². The number of phenolic OH excluding ortho intramolecular Hbond substituents is 1. The molecule has 2 aliphatic rings. The monoisotopic (exact) mass is 366 g/mol. The topological polar surface area (TPSA) is 55.8 Å². The van der Waals surface area contributed by atoms with E-state index >= 15 is 0 Å². The summed E-state index contributed by atoms with van der Waals surface area (Å²) in [5.41, 5.74) is 0.0178. The normalized spacial score (nSPS) is 19.1. The summed E-state index contributed by atoms with van der Waals surface area (Å²) in [6.07, 6.45) is 0. The lowest BCUT2D eigenvalue weighted by atomic mass is 9.77. The molecule has 0 saturated carbocycles. The van der Waals surface area contributed by atoms with Crippen LogP contribution in [0.15, 0.2) is 48.5 Å². The van der Waals surface area contributed by atoms with Gasteiger partial charge in [-0.1, -0.05) is 18.2 Å². The minimum Gasteiger partial charge on any atom is -0.505 e. The lowest BCUT2D eigenvalue weighted by Gasteiger charge is -2.36. The number of carbonyl (C=O) groups is 1. The van der Waals surface area contributed by atoms with Crippen LogP contribution in [0.2, 0.25) is 0 Å². The summed E-state index contributed by atoms with van der Waals surface area (Å²) in [6, 6.07) is 11.6. The summed E-state index contributed by atoms with van der Waals surface area (Å²) in [5, 5.41) is 9.78. The van der Waals surface area contributed by atoms with Crippen molar-refractivity contribution in [1.29, 1.82) is 0 Å². The largest absolute Gasteiger partial charge is 0.505 e. The highest BCUT2D eigenvalue weighted by molar-refractivity contribution is 5.97. The predicted molar refractivity (Wildman–Crippen MR) is 91.0 cm³/mol. The Morgan fingerprint density at radius 2 is 1.59 bits per heavy atom. The van der Waals surface area contributed by atoms with Crippen molar-refractivity contribution in [2.45, 2.75) is 12.5 Å². The number of carbonyl (C=O) groups excluding carboxylic acids is 1. The zero-order valence-electron chi connectivity index (χ0n) is 14.0. The maximum absolute atomic E-state index is 14.4. The number of fused-ring (bicyclic) bond motifs is 6. The first-order valence-electron chi connectivity index (χ1n) is 8.26. The second-order valence-corrected chi connectivity index (χ2v) is 6.62. The quantitative estimate of drug-likeness (QED) is 0.593. The standard InChI is InChI=1S/C21H12F2O4/c1-10-6-18-13(7-15(10)22)21(12-5-3-2-4-11(12)20(25)27-21)14-8-16(23)17(24)9-19(14)26-18/h2-9,24H,1H3. The molecule has 4 nitrogen and oxygen atoms in total. The molecule has 0 bridgehead atoms. The van der Waals surface area contributed by atoms with Gasteiger partial charge < -0.3 is 14.6 Å². The molecule has 2 aliphatic heterocycles. The van der Waals surface area contributed by atoms with Gasteiger partial charge in [-0.05, 0) is 36.8 Å². The summed E-state index contributed by atoms with van der Waals surface area (Å²) >= 11 is 0. The summed E-state index contributed by atoms with van der Waals surface area (Å²) < 4.78 is 40.2. The van der Waals surface area contributed by atoms with E-state index in [2.05, 4.69) is 0 Å². The second-order valence-electron chi connectivity index (χ2n) is 6.62. The van der Waals surface area contributed by atoms with Crippen molar-refractivity contribution in [3.8, 4) is 17.2 Å². The number of halogens is 2. The average Bonchev–Trinajstić information content (AvgIpc) is 2.93. The fourth-order valence-corrected chi connectivity index (χ4v) is 3.80. The van der Waals surface area contributed by atoms with Gasteiger partial charge in [-0.25, -0.2) is 13.6 Å². The number of esters is 1. The van der Waals surface area contributed by atoms with Gasteiger partial charge in [0.25, 0.3) is 0 Å². The first kappa shape index (κ1) is 15.8. The van der Waals surface area contributed by atoms with Crippen LogP contribution in [-0.2, 0) is 10.3 Å². The molecular weight excluding hydrogens is 354 g/mol. The average molecular weight is 366 g/mol. The Bertz CT molecular complexity index is 1100. The Morgan fingerprint density at radius 3 is 2.37 bits per heavy atom. The number of benzene rings is 3. The molecular formula is C21H12F2O4. The molecule has 6 heteroatoms. The van der Waals surface area contributed by atoms with Crippen LogP contribution in [0.4, 0.5) is 8.78 Å². The van der Waals surface area contributed by atoms with Gasteiger partial charge in [-0.2, -0.15) is 0 Å². The van der Waals surface area contributed by atoms with Crippen LogP contribution in [0.25, 0.3) is 0 Å². The van der Waals surface area contributed by atoms with Gasteiger partial charge in [0.05, 0.1) is 16.7 Å². The molecule has 0 fully saturated rings. The van der Waals surface area contributed by atoms with Crippen molar-refractivity contribution in [3.05, 3.63) is 88.0 Å². The Hall–Kier alpha value is -3.41. The zero-order chi connectivity index (χ0) is 18.9. The summed E-state index contributed by atoms with van der Waals surface area (Å²) in [7, 11) is 0. The molecule has 3 aromatic rings. The van der Waals surface area contributed by atoms with Gasteiger partial charge in [0.2, 0.25) is 0 Å². The minimum absolute atomic E-state index is 0.136. The molecule has 0 saturated heterocycles. The SMILES string of the molecule is Cc1cc2c(cc1F)C1(OC(=O)c3ccccc31)c1cc(F)c(O)cc1O2. The Kier molecular flexibility index (Phi) is 2.97. The summed E-state index contributed by atoms with van der Waals surface area (Å²) in [5.74, 6) is -2.18. The number of hydrogen-bond donors (Lipinski definition) is 1. The highest BCUT2D eigenvalue weighted by atomic mass is 19.1. The van der Waals surface area contributed by atoms with E-state index in [1.807, 2.05) is 0 Å². The van der Waals surface area contributed by atoms with E-state index in [0.717, 1.165) is 12.1 Å². The van der Waals surface area contributed by atoms with E-state index in [0.29, 0.717) is 16.7 Å². The number of phenols is 1. The molecule has 1 spiro atoms. The number of aryl methyl sites for hydroxylation is 1. The second kappa shape index (κ2) is 5.07. The van der Waals surface area contributed by atoms with E-state index in [4.69, 9.17) is 9.47 Å². The van der Waals surface area contributed by atoms with Gasteiger partial charge in [0.1, 0.15) is 17.3 Å². The molecule has 1 atom stereocenters. The molecule has 0 amide bonds. The predicted octanol–water partition coefficient (Wildman–Crippen LogP) is 4.55. The Morgan fingerprint density at radius 1 is 0.926 bits per heavy atom.